The van der Waals surface area contributed by atoms with Crippen LogP contribution in [0, 0.1) is 20.8 Å². The normalized spacial score (nSPS) is 14.5. The van der Waals surface area contributed by atoms with Crippen molar-refractivity contribution in [2.24, 2.45) is 0 Å². The summed E-state index contributed by atoms with van der Waals surface area (Å²) in [5.74, 6) is 0. The molecule has 0 nitrogen and oxygen atoms in total. The van der Waals surface area contributed by atoms with E-state index in [4.69, 9.17) is 7.44 Å². The van der Waals surface area contributed by atoms with Gasteiger partial charge in [0, 0.05) is 48.4 Å². The summed E-state index contributed by atoms with van der Waals surface area (Å²) in [6, 6.07) is 10.4. The van der Waals surface area contributed by atoms with Crippen LogP contribution in [0.2, 0.25) is 118 Å². The van der Waals surface area contributed by atoms with E-state index in [-0.39, 0.29) is 0 Å². The van der Waals surface area contributed by atoms with Crippen LogP contribution >= 0.6 is 0 Å². The number of rotatable bonds is 11. The maximum absolute atomic E-state index is 7.90. The highest BCUT2D eigenvalue weighted by Crippen LogP contribution is 2.44. The van der Waals surface area contributed by atoms with Gasteiger partial charge in [0.1, 0.15) is 0 Å². The highest BCUT2D eigenvalue weighted by Gasteiger charge is 2.47. The molecule has 0 aliphatic rings. The minimum Gasteiger partial charge on any atom is -0.0693 e. The minimum absolute atomic E-state index is 0.672. The molecule has 2 rings (SSSR count). The summed E-state index contributed by atoms with van der Waals surface area (Å²) < 4.78 is 0. The molecule has 44 heavy (non-hydrogen) atoms. The second-order valence-electron chi connectivity index (χ2n) is 20.8. The molecule has 0 N–H and O–H groups in total. The van der Waals surface area contributed by atoms with Crippen molar-refractivity contribution in [3.63, 3.8) is 0 Å². The van der Waals surface area contributed by atoms with Crippen LogP contribution in [-0.4, -0.2) is 64.5 Å². The minimum atomic E-state index is -1.61. The third kappa shape index (κ3) is 9.13. The van der Waals surface area contributed by atoms with Gasteiger partial charge < -0.3 is 0 Å². The molecule has 0 heterocycles. The molecule has 0 aliphatic heterocycles. The summed E-state index contributed by atoms with van der Waals surface area (Å²) in [6.07, 6.45) is 0. The summed E-state index contributed by atoms with van der Waals surface area (Å²) in [5.41, 5.74) is 9.29. The van der Waals surface area contributed by atoms with Gasteiger partial charge in [-0.2, -0.15) is 0 Å². The molecule has 2 aromatic carbocycles. The molecule has 0 amide bonds. The van der Waals surface area contributed by atoms with Gasteiger partial charge >= 0.3 is 0 Å². The van der Waals surface area contributed by atoms with Gasteiger partial charge in [0.25, 0.3) is 0 Å². The van der Waals surface area contributed by atoms with Crippen molar-refractivity contribution in [1.29, 1.82) is 0 Å². The monoisotopic (exact) mass is 709 g/mol. The van der Waals surface area contributed by atoms with E-state index in [0.717, 1.165) is 5.16 Å². The SMILES string of the molecule is [B][Si](c1c(C)cc(C)cc1C)c1c(C([Si](C)(C)C)[Si](C)(C)C)cc(C([Si](C)(C)C)[Si](C)(C)C)cc1C([Si](C)(C)C)[Si](C)(C)C. The number of hydrogen-bond acceptors (Lipinski definition) is 0. The lowest BCUT2D eigenvalue weighted by Crippen LogP contribution is -2.58. The molecule has 2 aromatic rings. The maximum Gasteiger partial charge on any atom is 0.0718 e. The Labute approximate surface area is 285 Å². The first-order valence-electron chi connectivity index (χ1n) is 17.2. The fourth-order valence-corrected chi connectivity index (χ4v) is 51.2. The molecule has 0 atom stereocenters. The van der Waals surface area contributed by atoms with Gasteiger partial charge in [0.2, 0.25) is 0 Å². The maximum atomic E-state index is 7.90. The van der Waals surface area contributed by atoms with Crippen LogP contribution in [0.15, 0.2) is 24.3 Å². The van der Waals surface area contributed by atoms with Crippen LogP contribution in [0.25, 0.3) is 0 Å². The number of benzene rings is 2. The Bertz CT molecular complexity index is 1210. The van der Waals surface area contributed by atoms with Gasteiger partial charge in [-0.05, 0) is 41.8 Å². The predicted octanol–water partition coefficient (Wildman–Crippen LogP) is 10.4. The van der Waals surface area contributed by atoms with E-state index in [9.17, 15) is 0 Å². The summed E-state index contributed by atoms with van der Waals surface area (Å²) >= 11 is 0. The molecule has 3 radical (unpaired) electrons. The average molecular weight is 710 g/mol. The Kier molecular flexibility index (Phi) is 12.0. The van der Waals surface area contributed by atoms with Crippen molar-refractivity contribution < 1.29 is 0 Å². The van der Waals surface area contributed by atoms with Gasteiger partial charge in [-0.15, -0.1) is 0 Å². The molecule has 0 aromatic heterocycles. The zero-order chi connectivity index (χ0) is 34.8. The van der Waals surface area contributed by atoms with E-state index in [1.165, 1.54) is 21.9 Å². The van der Waals surface area contributed by atoms with Crippen LogP contribution in [-0.2, 0) is 0 Å². The van der Waals surface area contributed by atoms with E-state index in [1.54, 1.807) is 21.9 Å². The summed E-state index contributed by atoms with van der Waals surface area (Å²) in [7, 11) is -3.07. The largest absolute Gasteiger partial charge is 0.0718 e. The van der Waals surface area contributed by atoms with E-state index in [0.29, 0.717) is 10.3 Å². The van der Waals surface area contributed by atoms with Gasteiger partial charge in [0.05, 0.1) is 16.1 Å². The van der Waals surface area contributed by atoms with Crippen LogP contribution in [0.1, 0.15) is 48.9 Å². The Morgan fingerprint density at radius 2 is 0.705 bits per heavy atom. The van der Waals surface area contributed by atoms with Crippen LogP contribution < -0.4 is 10.4 Å². The van der Waals surface area contributed by atoms with Crippen LogP contribution in [0.4, 0.5) is 0 Å². The van der Waals surface area contributed by atoms with E-state index >= 15 is 0 Å². The first kappa shape index (κ1) is 40.2. The molecular weight excluding hydrogens is 640 g/mol. The highest BCUT2D eigenvalue weighted by atomic mass is 28.4. The summed E-state index contributed by atoms with van der Waals surface area (Å²) in [5, 5.41) is 5.18. The van der Waals surface area contributed by atoms with E-state index in [2.05, 4.69) is 163 Å². The second-order valence-corrected chi connectivity index (χ2v) is 56.2. The third-order valence-electron chi connectivity index (χ3n) is 9.59. The van der Waals surface area contributed by atoms with Gasteiger partial charge in [-0.3, -0.25) is 0 Å². The first-order valence-corrected chi connectivity index (χ1v) is 40.2. The number of hydrogen-bond donors (Lipinski definition) is 0. The van der Waals surface area contributed by atoms with Crippen molar-refractivity contribution in [3.8, 4) is 0 Å². The summed E-state index contributed by atoms with van der Waals surface area (Å²) in [4.78, 5) is 0. The number of aryl methyl sites for hydroxylation is 3. The van der Waals surface area contributed by atoms with E-state index < -0.39 is 57.1 Å². The molecule has 8 heteroatoms. The Hall–Kier alpha value is 0.0231. The Morgan fingerprint density at radius 3 is 0.955 bits per heavy atom. The molecule has 0 unspecified atom stereocenters. The van der Waals surface area contributed by atoms with Crippen molar-refractivity contribution in [1.82, 2.24) is 0 Å². The van der Waals surface area contributed by atoms with Crippen molar-refractivity contribution in [2.45, 2.75) is 154 Å². The molecule has 245 valence electrons. The molecule has 0 bridgehead atoms. The summed E-state index contributed by atoms with van der Waals surface area (Å²) in [6.45, 7) is 54.6. The topological polar surface area (TPSA) is 0 Å². The standard InChI is InChI=1S/C36H70BSi7/c1-26-22-27(2)32(28(3)23-26)38(37)33-30(35(41(10,11)12)42(13,14)15)24-29(34(39(4,5)6)40(7,8)9)25-31(33)36(43(16,17)18)44(19,20)21/h22-25,34-36H,1-21H3. The van der Waals surface area contributed by atoms with Crippen molar-refractivity contribution in [2.75, 3.05) is 0 Å². The Balaban J connectivity index is 3.44. The predicted molar refractivity (Wildman–Crippen MR) is 226 cm³/mol. The first-order chi connectivity index (χ1) is 19.3. The van der Waals surface area contributed by atoms with Gasteiger partial charge in [-0.1, -0.05) is 180 Å². The van der Waals surface area contributed by atoms with Crippen molar-refractivity contribution in [3.05, 3.63) is 57.6 Å². The Morgan fingerprint density at radius 1 is 0.432 bits per heavy atom. The highest BCUT2D eigenvalue weighted by molar-refractivity contribution is 7.19. The fourth-order valence-electron chi connectivity index (χ4n) is 10.1. The lowest BCUT2D eigenvalue weighted by atomic mass is 10.1. The molecule has 0 saturated carbocycles. The second kappa shape index (κ2) is 13.1. The molecule has 0 fully saturated rings. The van der Waals surface area contributed by atoms with Gasteiger partial charge in [0.15, 0.2) is 0 Å². The van der Waals surface area contributed by atoms with Gasteiger partial charge in [-0.25, -0.2) is 0 Å². The lowest BCUT2D eigenvalue weighted by Gasteiger charge is -2.47. The van der Waals surface area contributed by atoms with E-state index in [1.807, 2.05) is 0 Å². The van der Waals surface area contributed by atoms with Crippen LogP contribution in [0.3, 0.4) is 0 Å². The quantitative estimate of drug-likeness (QED) is 0.204. The smallest absolute Gasteiger partial charge is 0.0693 e. The molecular formula is C36H70BSi7. The lowest BCUT2D eigenvalue weighted by molar-refractivity contribution is 1.10. The average Bonchev–Trinajstić information content (AvgIpc) is 2.66. The zero-order valence-electron chi connectivity index (χ0n) is 33.1. The molecule has 0 spiro atoms. The molecule has 0 saturated heterocycles. The van der Waals surface area contributed by atoms with Crippen LogP contribution in [0.5, 0.6) is 0 Å². The zero-order valence-corrected chi connectivity index (χ0v) is 40.1. The fraction of sp³-hybridized carbons (Fsp3) is 0.667. The third-order valence-corrected chi connectivity index (χ3v) is 39.9. The molecule has 0 aliphatic carbocycles. The van der Waals surface area contributed by atoms with Crippen molar-refractivity contribution >= 4 is 74.9 Å².